The number of aliphatic hydroxyl groups excluding tert-OH is 1. The number of carbonyl (C=O) groups is 1. The number of benzene rings is 1. The van der Waals surface area contributed by atoms with Gasteiger partial charge in [-0.15, -0.1) is 0 Å². The Hall–Kier alpha value is -2.32. The first-order chi connectivity index (χ1) is 13.7. The first kappa shape index (κ1) is 19.0. The number of allylic oxidation sites excluding steroid dienone is 2. The van der Waals surface area contributed by atoms with Crippen molar-refractivity contribution in [3.05, 3.63) is 41.5 Å². The van der Waals surface area contributed by atoms with E-state index in [1.165, 1.54) is 17.6 Å². The third-order valence-electron chi connectivity index (χ3n) is 6.61. The van der Waals surface area contributed by atoms with Gasteiger partial charge in [0, 0.05) is 12.0 Å². The van der Waals surface area contributed by atoms with Gasteiger partial charge in [0.1, 0.15) is 6.04 Å². The van der Waals surface area contributed by atoms with Gasteiger partial charge in [-0.25, -0.2) is 4.79 Å². The summed E-state index contributed by atoms with van der Waals surface area (Å²) < 4.78 is 0. The van der Waals surface area contributed by atoms with Crippen molar-refractivity contribution in [1.82, 2.24) is 10.2 Å². The zero-order valence-corrected chi connectivity index (χ0v) is 16.3. The number of hydrogen-bond acceptors (Lipinski definition) is 3. The molecular weight excluding hydrogens is 350 g/mol. The average molecular weight is 380 g/mol. The summed E-state index contributed by atoms with van der Waals surface area (Å²) in [6, 6.07) is 9.62. The molecule has 3 aliphatic rings. The molecule has 1 saturated carbocycles. The minimum atomic E-state index is -0.538. The second kappa shape index (κ2) is 8.36. The van der Waals surface area contributed by atoms with Crippen LogP contribution in [0.2, 0.25) is 0 Å². The van der Waals surface area contributed by atoms with Crippen LogP contribution in [0.4, 0.5) is 4.79 Å². The lowest BCUT2D eigenvalue weighted by molar-refractivity contribution is 0.0152. The molecule has 2 N–H and O–H groups in total. The first-order valence-electron chi connectivity index (χ1n) is 10.6. The van der Waals surface area contributed by atoms with Gasteiger partial charge in [-0.2, -0.15) is 5.26 Å². The van der Waals surface area contributed by atoms with Crippen LogP contribution in [0.15, 0.2) is 30.3 Å². The lowest BCUT2D eigenvalue weighted by Gasteiger charge is -2.52. The van der Waals surface area contributed by atoms with E-state index in [0.29, 0.717) is 0 Å². The van der Waals surface area contributed by atoms with E-state index in [1.54, 1.807) is 4.90 Å². The quantitative estimate of drug-likeness (QED) is 0.832. The van der Waals surface area contributed by atoms with Crippen LogP contribution >= 0.6 is 0 Å². The van der Waals surface area contributed by atoms with E-state index in [0.717, 1.165) is 50.5 Å². The predicted octanol–water partition coefficient (Wildman–Crippen LogP) is 3.95. The zero-order chi connectivity index (χ0) is 19.5. The smallest absolute Gasteiger partial charge is 0.319 e. The molecule has 0 bridgehead atoms. The van der Waals surface area contributed by atoms with Gasteiger partial charge in [0.05, 0.1) is 18.7 Å². The van der Waals surface area contributed by atoms with E-state index in [2.05, 4.69) is 29.6 Å². The molecule has 148 valence electrons. The Balaban J connectivity index is 1.56. The summed E-state index contributed by atoms with van der Waals surface area (Å²) >= 11 is 0. The third-order valence-corrected chi connectivity index (χ3v) is 6.61. The second-order valence-corrected chi connectivity index (χ2v) is 8.25. The predicted molar refractivity (Wildman–Crippen MR) is 109 cm³/mol. The summed E-state index contributed by atoms with van der Waals surface area (Å²) in [5.41, 5.74) is 3.59. The highest BCUT2D eigenvalue weighted by atomic mass is 16.3. The van der Waals surface area contributed by atoms with Gasteiger partial charge in [-0.1, -0.05) is 49.6 Å². The molecule has 1 aromatic rings. The standard InChI is InChI=1S/C23H29N3O2/c24-14-20-22(19-13-7-6-12-18(19)16-8-4-5-9-16)21(15-27)26(20)23(28)25-17-10-2-1-3-11-17/h6-8,12-13,17,20-22,27H,1-5,9-11,15H2,(H,25,28)/t20-,21-,22+/m0/s1. The lowest BCUT2D eigenvalue weighted by atomic mass is 9.73. The highest BCUT2D eigenvalue weighted by Gasteiger charge is 2.52. The van der Waals surface area contributed by atoms with Gasteiger partial charge < -0.3 is 15.3 Å². The van der Waals surface area contributed by atoms with Gasteiger partial charge in [0.15, 0.2) is 0 Å². The molecule has 1 aliphatic heterocycles. The Morgan fingerprint density at radius 3 is 2.68 bits per heavy atom. The van der Waals surface area contributed by atoms with Gasteiger partial charge in [-0.3, -0.25) is 0 Å². The Kier molecular flexibility index (Phi) is 5.68. The van der Waals surface area contributed by atoms with E-state index in [9.17, 15) is 15.2 Å². The Morgan fingerprint density at radius 1 is 1.21 bits per heavy atom. The van der Waals surface area contributed by atoms with E-state index in [-0.39, 0.29) is 30.6 Å². The monoisotopic (exact) mass is 379 g/mol. The molecule has 5 heteroatoms. The molecule has 0 aromatic heterocycles. The molecule has 2 amide bonds. The number of amides is 2. The van der Waals surface area contributed by atoms with Gasteiger partial charge >= 0.3 is 6.03 Å². The number of nitrogens with one attached hydrogen (secondary N) is 1. The lowest BCUT2D eigenvalue weighted by Crippen LogP contribution is -2.68. The summed E-state index contributed by atoms with van der Waals surface area (Å²) in [4.78, 5) is 14.5. The van der Waals surface area contributed by atoms with Crippen molar-refractivity contribution in [2.45, 2.75) is 75.4 Å². The maximum atomic E-state index is 12.9. The summed E-state index contributed by atoms with van der Waals surface area (Å²) in [5.74, 6) is -0.148. The molecule has 1 aromatic carbocycles. The van der Waals surface area contributed by atoms with E-state index >= 15 is 0 Å². The highest BCUT2D eigenvalue weighted by molar-refractivity contribution is 5.78. The molecule has 4 rings (SSSR count). The van der Waals surface area contributed by atoms with Gasteiger partial charge in [0.25, 0.3) is 0 Å². The summed E-state index contributed by atoms with van der Waals surface area (Å²) in [5, 5.41) is 23.0. The maximum Gasteiger partial charge on any atom is 0.319 e. The van der Waals surface area contributed by atoms with E-state index in [1.807, 2.05) is 12.1 Å². The van der Waals surface area contributed by atoms with Crippen LogP contribution < -0.4 is 5.32 Å². The first-order valence-corrected chi connectivity index (χ1v) is 10.6. The SMILES string of the molecule is N#C[C@H]1[C@@H](c2ccccc2C2=CCCC2)[C@H](CO)N1C(=O)NC1CCCCC1. The summed E-state index contributed by atoms with van der Waals surface area (Å²) in [7, 11) is 0. The molecule has 2 aliphatic carbocycles. The number of likely N-dealkylation sites (tertiary alicyclic amines) is 1. The number of hydrogen-bond donors (Lipinski definition) is 2. The van der Waals surface area contributed by atoms with Gasteiger partial charge in [0.2, 0.25) is 0 Å². The number of carbonyl (C=O) groups excluding carboxylic acids is 1. The molecule has 0 radical (unpaired) electrons. The van der Waals surface area contributed by atoms with Crippen molar-refractivity contribution in [3.8, 4) is 6.07 Å². The van der Waals surface area contributed by atoms with Crippen LogP contribution in [-0.4, -0.2) is 40.8 Å². The number of nitrogens with zero attached hydrogens (tertiary/aromatic N) is 2. The van der Waals surface area contributed by atoms with E-state index < -0.39 is 6.04 Å². The zero-order valence-electron chi connectivity index (χ0n) is 16.3. The molecule has 5 nitrogen and oxygen atoms in total. The molecule has 0 spiro atoms. The van der Waals surface area contributed by atoms with Crippen LogP contribution in [0.25, 0.3) is 5.57 Å². The molecule has 0 unspecified atom stereocenters. The fourth-order valence-electron chi connectivity index (χ4n) is 5.15. The largest absolute Gasteiger partial charge is 0.394 e. The van der Waals surface area contributed by atoms with E-state index in [4.69, 9.17) is 0 Å². The van der Waals surface area contributed by atoms with Crippen LogP contribution in [0.5, 0.6) is 0 Å². The van der Waals surface area contributed by atoms with Crippen LogP contribution in [0, 0.1) is 11.3 Å². The Bertz CT molecular complexity index is 791. The minimum Gasteiger partial charge on any atom is -0.394 e. The number of aliphatic hydroxyl groups is 1. The molecule has 1 heterocycles. The van der Waals surface area contributed by atoms with Crippen molar-refractivity contribution in [2.24, 2.45) is 0 Å². The van der Waals surface area contributed by atoms with Crippen LogP contribution in [-0.2, 0) is 0 Å². The van der Waals surface area contributed by atoms with Crippen LogP contribution in [0.3, 0.4) is 0 Å². The second-order valence-electron chi connectivity index (χ2n) is 8.25. The van der Waals surface area contributed by atoms with Crippen molar-refractivity contribution < 1.29 is 9.90 Å². The van der Waals surface area contributed by atoms with Crippen molar-refractivity contribution in [3.63, 3.8) is 0 Å². The Labute approximate surface area is 167 Å². The fourth-order valence-corrected chi connectivity index (χ4v) is 5.15. The van der Waals surface area contributed by atoms with Crippen LogP contribution in [0.1, 0.15) is 68.4 Å². The number of nitriles is 1. The maximum absolute atomic E-state index is 12.9. The summed E-state index contributed by atoms with van der Waals surface area (Å²) in [6.07, 6.45) is 11.1. The average Bonchev–Trinajstić information content (AvgIpc) is 3.24. The fraction of sp³-hybridized carbons (Fsp3) is 0.565. The Morgan fingerprint density at radius 2 is 2.00 bits per heavy atom. The minimum absolute atomic E-state index is 0.131. The van der Waals surface area contributed by atoms with Crippen molar-refractivity contribution >= 4 is 11.6 Å². The van der Waals surface area contributed by atoms with Crippen molar-refractivity contribution in [2.75, 3.05) is 6.61 Å². The third kappa shape index (κ3) is 3.42. The summed E-state index contributed by atoms with van der Waals surface area (Å²) in [6.45, 7) is -0.131. The highest BCUT2D eigenvalue weighted by Crippen LogP contribution is 2.44. The molecular formula is C23H29N3O2. The number of rotatable bonds is 4. The molecule has 28 heavy (non-hydrogen) atoms. The normalized spacial score (nSPS) is 27.6. The molecule has 2 fully saturated rings. The van der Waals surface area contributed by atoms with Gasteiger partial charge in [-0.05, 0) is 48.8 Å². The number of urea groups is 1. The topological polar surface area (TPSA) is 76.4 Å². The molecule has 3 atom stereocenters. The van der Waals surface area contributed by atoms with Crippen molar-refractivity contribution in [1.29, 1.82) is 5.26 Å². The molecule has 1 saturated heterocycles.